The van der Waals surface area contributed by atoms with E-state index in [1.165, 1.54) is 11.1 Å². The third kappa shape index (κ3) is 6.10. The summed E-state index contributed by atoms with van der Waals surface area (Å²) in [7, 11) is 1.83. The predicted molar refractivity (Wildman–Crippen MR) is 122 cm³/mol. The van der Waals surface area contributed by atoms with Crippen molar-refractivity contribution in [2.24, 2.45) is 4.99 Å². The first-order chi connectivity index (χ1) is 12.8. The lowest BCUT2D eigenvalue weighted by molar-refractivity contribution is 0.375. The lowest BCUT2D eigenvalue weighted by Crippen LogP contribution is -2.44. The lowest BCUT2D eigenvalue weighted by Gasteiger charge is -2.31. The van der Waals surface area contributed by atoms with E-state index < -0.39 is 0 Å². The Bertz CT molecular complexity index is 810. The number of nitriles is 1. The van der Waals surface area contributed by atoms with Crippen LogP contribution in [0, 0.1) is 11.3 Å². The molecule has 0 atom stereocenters. The van der Waals surface area contributed by atoms with Gasteiger partial charge >= 0.3 is 0 Å². The van der Waals surface area contributed by atoms with E-state index in [0.29, 0.717) is 12.1 Å². The van der Waals surface area contributed by atoms with Crippen molar-refractivity contribution in [1.82, 2.24) is 10.2 Å². The third-order valence-electron chi connectivity index (χ3n) is 4.62. The maximum absolute atomic E-state index is 8.87. The van der Waals surface area contributed by atoms with Gasteiger partial charge in [-0.1, -0.05) is 54.1 Å². The van der Waals surface area contributed by atoms with Crippen molar-refractivity contribution < 1.29 is 0 Å². The van der Waals surface area contributed by atoms with Crippen LogP contribution < -0.4 is 5.32 Å². The van der Waals surface area contributed by atoms with E-state index in [9.17, 15) is 0 Å². The second kappa shape index (κ2) is 10.7. The number of rotatable bonds is 3. The SMILES string of the molecule is CN=C(NCc1ccc(C#N)cc1)N1CCC(=Cc2ccccc2)CC1.I. The molecule has 2 aromatic carbocycles. The molecule has 2 aromatic rings. The molecule has 1 aliphatic heterocycles. The molecule has 140 valence electrons. The highest BCUT2D eigenvalue weighted by atomic mass is 127. The monoisotopic (exact) mass is 472 g/mol. The van der Waals surface area contributed by atoms with Crippen LogP contribution in [0.5, 0.6) is 0 Å². The summed E-state index contributed by atoms with van der Waals surface area (Å²) in [5.74, 6) is 0.938. The second-order valence-corrected chi connectivity index (χ2v) is 6.41. The van der Waals surface area contributed by atoms with Crippen LogP contribution in [0.15, 0.2) is 65.2 Å². The molecule has 0 aromatic heterocycles. The average Bonchev–Trinajstić information content (AvgIpc) is 2.71. The summed E-state index contributed by atoms with van der Waals surface area (Å²) < 4.78 is 0. The fourth-order valence-electron chi connectivity index (χ4n) is 3.15. The normalized spacial score (nSPS) is 14.1. The molecule has 27 heavy (non-hydrogen) atoms. The first-order valence-electron chi connectivity index (χ1n) is 8.97. The van der Waals surface area contributed by atoms with Gasteiger partial charge in [-0.05, 0) is 36.1 Å². The summed E-state index contributed by atoms with van der Waals surface area (Å²) in [5.41, 5.74) is 4.60. The number of hydrogen-bond acceptors (Lipinski definition) is 2. The van der Waals surface area contributed by atoms with E-state index in [-0.39, 0.29) is 24.0 Å². The zero-order chi connectivity index (χ0) is 18.2. The van der Waals surface area contributed by atoms with Crippen LogP contribution in [-0.4, -0.2) is 31.0 Å². The van der Waals surface area contributed by atoms with E-state index in [1.807, 2.05) is 37.4 Å². The Morgan fingerprint density at radius 2 is 1.78 bits per heavy atom. The molecule has 0 radical (unpaired) electrons. The number of guanidine groups is 1. The molecular weight excluding hydrogens is 447 g/mol. The maximum Gasteiger partial charge on any atom is 0.193 e. The first kappa shape index (κ1) is 21.0. The van der Waals surface area contributed by atoms with Crippen molar-refractivity contribution in [3.05, 3.63) is 76.9 Å². The fourth-order valence-corrected chi connectivity index (χ4v) is 3.15. The average molecular weight is 472 g/mol. The Labute approximate surface area is 178 Å². The summed E-state index contributed by atoms with van der Waals surface area (Å²) in [6.45, 7) is 2.67. The molecule has 0 unspecified atom stereocenters. The van der Waals surface area contributed by atoms with Crippen molar-refractivity contribution in [2.75, 3.05) is 20.1 Å². The van der Waals surface area contributed by atoms with Crippen molar-refractivity contribution in [2.45, 2.75) is 19.4 Å². The molecule has 0 aliphatic carbocycles. The number of piperidine rings is 1. The standard InChI is InChI=1S/C22H24N4.HI/c1-24-22(25-17-21-9-7-20(16-23)8-10-21)26-13-11-19(12-14-26)15-18-5-3-2-4-6-18;/h2-10,15H,11-14,17H2,1H3,(H,24,25);1H. The highest BCUT2D eigenvalue weighted by molar-refractivity contribution is 14.0. The number of benzene rings is 2. The highest BCUT2D eigenvalue weighted by Crippen LogP contribution is 2.19. The van der Waals surface area contributed by atoms with Crippen LogP contribution in [0.4, 0.5) is 0 Å². The Kier molecular flexibility index (Phi) is 8.34. The van der Waals surface area contributed by atoms with Crippen LogP contribution in [0.2, 0.25) is 0 Å². The number of aliphatic imine (C=N–C) groups is 1. The Morgan fingerprint density at radius 3 is 2.37 bits per heavy atom. The number of nitrogens with zero attached hydrogens (tertiary/aromatic N) is 3. The Balaban J connectivity index is 0.00000261. The van der Waals surface area contributed by atoms with Crippen LogP contribution in [-0.2, 0) is 6.54 Å². The van der Waals surface area contributed by atoms with Gasteiger partial charge in [-0.15, -0.1) is 24.0 Å². The van der Waals surface area contributed by atoms with Crippen LogP contribution in [0.1, 0.15) is 29.5 Å². The van der Waals surface area contributed by atoms with Crippen LogP contribution in [0.3, 0.4) is 0 Å². The number of halogens is 1. The van der Waals surface area contributed by atoms with Gasteiger partial charge in [-0.2, -0.15) is 5.26 Å². The number of nitrogens with one attached hydrogen (secondary N) is 1. The van der Waals surface area contributed by atoms with Crippen LogP contribution >= 0.6 is 24.0 Å². The summed E-state index contributed by atoms with van der Waals surface area (Å²) in [6, 6.07) is 20.3. The van der Waals surface area contributed by atoms with Gasteiger partial charge in [-0.25, -0.2) is 0 Å². The summed E-state index contributed by atoms with van der Waals surface area (Å²) in [4.78, 5) is 6.74. The van der Waals surface area contributed by atoms with Gasteiger partial charge in [-0.3, -0.25) is 4.99 Å². The molecule has 4 nitrogen and oxygen atoms in total. The molecule has 0 bridgehead atoms. The smallest absolute Gasteiger partial charge is 0.193 e. The van der Waals surface area contributed by atoms with Gasteiger partial charge in [0.2, 0.25) is 0 Å². The summed E-state index contributed by atoms with van der Waals surface area (Å²) >= 11 is 0. The van der Waals surface area contributed by atoms with Gasteiger partial charge in [0.15, 0.2) is 5.96 Å². The maximum atomic E-state index is 8.87. The molecule has 1 aliphatic rings. The quantitative estimate of drug-likeness (QED) is 0.409. The minimum Gasteiger partial charge on any atom is -0.352 e. The first-order valence-corrected chi connectivity index (χ1v) is 8.97. The van der Waals surface area contributed by atoms with Gasteiger partial charge in [0, 0.05) is 26.7 Å². The molecule has 0 saturated carbocycles. The fraction of sp³-hybridized carbons (Fsp3) is 0.273. The largest absolute Gasteiger partial charge is 0.352 e. The van der Waals surface area contributed by atoms with Crippen molar-refractivity contribution in [3.8, 4) is 6.07 Å². The third-order valence-corrected chi connectivity index (χ3v) is 4.62. The van der Waals surface area contributed by atoms with Crippen LogP contribution in [0.25, 0.3) is 6.08 Å². The molecule has 0 spiro atoms. The molecule has 1 N–H and O–H groups in total. The molecule has 3 rings (SSSR count). The zero-order valence-corrected chi connectivity index (χ0v) is 17.9. The Hall–Kier alpha value is -2.33. The van der Waals surface area contributed by atoms with E-state index in [2.05, 4.69) is 51.6 Å². The molecule has 1 fully saturated rings. The predicted octanol–water partition coefficient (Wildman–Crippen LogP) is 4.43. The van der Waals surface area contributed by atoms with E-state index in [0.717, 1.165) is 37.5 Å². The second-order valence-electron chi connectivity index (χ2n) is 6.41. The van der Waals surface area contributed by atoms with Gasteiger partial charge in [0.25, 0.3) is 0 Å². The minimum absolute atomic E-state index is 0. The van der Waals surface area contributed by atoms with Crippen molar-refractivity contribution in [3.63, 3.8) is 0 Å². The van der Waals surface area contributed by atoms with E-state index >= 15 is 0 Å². The lowest BCUT2D eigenvalue weighted by atomic mass is 10.0. The van der Waals surface area contributed by atoms with Gasteiger partial charge in [0.05, 0.1) is 11.6 Å². The van der Waals surface area contributed by atoms with Crippen molar-refractivity contribution in [1.29, 1.82) is 5.26 Å². The Morgan fingerprint density at radius 1 is 1.11 bits per heavy atom. The van der Waals surface area contributed by atoms with Crippen molar-refractivity contribution >= 4 is 36.0 Å². The topological polar surface area (TPSA) is 51.4 Å². The summed E-state index contributed by atoms with van der Waals surface area (Å²) in [6.07, 6.45) is 4.43. The molecule has 1 heterocycles. The molecule has 0 amide bonds. The number of likely N-dealkylation sites (tertiary alicyclic amines) is 1. The zero-order valence-electron chi connectivity index (χ0n) is 15.6. The molecule has 1 saturated heterocycles. The summed E-state index contributed by atoms with van der Waals surface area (Å²) in [5, 5.41) is 12.3. The van der Waals surface area contributed by atoms with Gasteiger partial charge in [0.1, 0.15) is 0 Å². The highest BCUT2D eigenvalue weighted by Gasteiger charge is 2.17. The minimum atomic E-state index is 0. The van der Waals surface area contributed by atoms with Gasteiger partial charge < -0.3 is 10.2 Å². The molecule has 5 heteroatoms. The van der Waals surface area contributed by atoms with E-state index in [1.54, 1.807) is 0 Å². The molecular formula is C22H25IN4. The van der Waals surface area contributed by atoms with E-state index in [4.69, 9.17) is 5.26 Å². The number of hydrogen-bond donors (Lipinski definition) is 1.